The van der Waals surface area contributed by atoms with Gasteiger partial charge < -0.3 is 10.2 Å². The average molecular weight is 309 g/mol. The third-order valence-electron chi connectivity index (χ3n) is 4.52. The summed E-state index contributed by atoms with van der Waals surface area (Å²) in [5.74, 6) is -0.126. The van der Waals surface area contributed by atoms with Gasteiger partial charge in [-0.3, -0.25) is 9.78 Å². The van der Waals surface area contributed by atoms with E-state index in [-0.39, 0.29) is 5.91 Å². The second-order valence-corrected chi connectivity index (χ2v) is 5.99. The molecule has 1 saturated heterocycles. The number of anilines is 1. The second kappa shape index (κ2) is 7.27. The van der Waals surface area contributed by atoms with Crippen LogP contribution in [0.25, 0.3) is 0 Å². The maximum absolute atomic E-state index is 11.7. The zero-order valence-corrected chi connectivity index (χ0v) is 13.5. The van der Waals surface area contributed by atoms with Gasteiger partial charge >= 0.3 is 0 Å². The van der Waals surface area contributed by atoms with Crippen molar-refractivity contribution in [2.75, 3.05) is 18.5 Å². The molecule has 1 unspecified atom stereocenters. The Balaban J connectivity index is 1.65. The van der Waals surface area contributed by atoms with E-state index in [0.717, 1.165) is 19.4 Å². The van der Waals surface area contributed by atoms with E-state index in [9.17, 15) is 4.79 Å². The Morgan fingerprint density at radius 1 is 1.30 bits per heavy atom. The lowest BCUT2D eigenvalue weighted by molar-refractivity contribution is 0.0958. The molecule has 1 fully saturated rings. The molecular formula is C19H23N3O. The van der Waals surface area contributed by atoms with Crippen LogP contribution < -0.4 is 10.2 Å². The Morgan fingerprint density at radius 2 is 2.13 bits per heavy atom. The molecular weight excluding hydrogens is 286 g/mol. The van der Waals surface area contributed by atoms with Crippen LogP contribution >= 0.6 is 0 Å². The number of carbonyl (C=O) groups is 1. The van der Waals surface area contributed by atoms with Crippen molar-refractivity contribution in [3.05, 3.63) is 59.9 Å². The molecule has 1 amide bonds. The summed E-state index contributed by atoms with van der Waals surface area (Å²) >= 11 is 0. The Kier molecular flexibility index (Phi) is 4.91. The molecule has 4 heteroatoms. The van der Waals surface area contributed by atoms with Crippen LogP contribution in [0.5, 0.6) is 0 Å². The first kappa shape index (κ1) is 15.5. The maximum Gasteiger partial charge on any atom is 0.269 e. The number of amides is 1. The number of benzene rings is 1. The first-order valence-electron chi connectivity index (χ1n) is 8.26. The fourth-order valence-electron chi connectivity index (χ4n) is 3.31. The minimum atomic E-state index is -0.126. The van der Waals surface area contributed by atoms with Crippen molar-refractivity contribution in [2.24, 2.45) is 0 Å². The largest absolute Gasteiger partial charge is 0.369 e. The molecule has 120 valence electrons. The van der Waals surface area contributed by atoms with E-state index in [1.807, 2.05) is 12.1 Å². The first-order chi connectivity index (χ1) is 11.3. The van der Waals surface area contributed by atoms with E-state index < -0.39 is 0 Å². The van der Waals surface area contributed by atoms with Crippen LogP contribution in [-0.4, -0.2) is 30.5 Å². The number of nitrogens with one attached hydrogen (secondary N) is 1. The molecule has 1 aliphatic heterocycles. The Bertz CT molecular complexity index is 657. The Morgan fingerprint density at radius 3 is 2.91 bits per heavy atom. The quantitative estimate of drug-likeness (QED) is 0.923. The van der Waals surface area contributed by atoms with Gasteiger partial charge in [-0.05, 0) is 55.5 Å². The number of para-hydroxylation sites is 1. The van der Waals surface area contributed by atoms with Gasteiger partial charge in [0.05, 0.1) is 0 Å². The van der Waals surface area contributed by atoms with Crippen LogP contribution in [0.4, 0.5) is 5.69 Å². The van der Waals surface area contributed by atoms with Crippen molar-refractivity contribution in [1.29, 1.82) is 0 Å². The molecule has 1 atom stereocenters. The van der Waals surface area contributed by atoms with Gasteiger partial charge in [-0.1, -0.05) is 18.2 Å². The number of nitrogens with zero attached hydrogens (tertiary/aromatic N) is 2. The summed E-state index contributed by atoms with van der Waals surface area (Å²) in [6.45, 7) is 1.13. The lowest BCUT2D eigenvalue weighted by Gasteiger charge is -2.27. The third kappa shape index (κ3) is 3.70. The van der Waals surface area contributed by atoms with Crippen molar-refractivity contribution in [3.63, 3.8) is 0 Å². The molecule has 4 nitrogen and oxygen atoms in total. The van der Waals surface area contributed by atoms with E-state index >= 15 is 0 Å². The molecule has 3 rings (SSSR count). The lowest BCUT2D eigenvalue weighted by Crippen LogP contribution is -2.29. The average Bonchev–Trinajstić information content (AvgIpc) is 3.09. The molecule has 23 heavy (non-hydrogen) atoms. The zero-order valence-electron chi connectivity index (χ0n) is 13.5. The predicted octanol–water partition coefficient (Wildman–Crippen LogP) is 3.04. The van der Waals surface area contributed by atoms with Crippen molar-refractivity contribution in [1.82, 2.24) is 10.3 Å². The van der Waals surface area contributed by atoms with Gasteiger partial charge in [0.15, 0.2) is 0 Å². The monoisotopic (exact) mass is 309 g/mol. The first-order valence-corrected chi connectivity index (χ1v) is 8.26. The molecule has 0 spiro atoms. The van der Waals surface area contributed by atoms with Gasteiger partial charge in [-0.15, -0.1) is 0 Å². The lowest BCUT2D eigenvalue weighted by atomic mass is 10.0. The molecule has 1 N–H and O–H groups in total. The number of hydrogen-bond donors (Lipinski definition) is 1. The molecule has 0 radical (unpaired) electrons. The Labute approximate surface area is 137 Å². The van der Waals surface area contributed by atoms with E-state index in [1.54, 1.807) is 13.2 Å². The highest BCUT2D eigenvalue weighted by Gasteiger charge is 2.24. The van der Waals surface area contributed by atoms with E-state index in [0.29, 0.717) is 11.7 Å². The van der Waals surface area contributed by atoms with Gasteiger partial charge in [0.1, 0.15) is 5.69 Å². The topological polar surface area (TPSA) is 45.2 Å². The number of rotatable bonds is 5. The number of hydrogen-bond acceptors (Lipinski definition) is 3. The molecule has 2 aromatic rings. The second-order valence-electron chi connectivity index (χ2n) is 5.99. The van der Waals surface area contributed by atoms with Crippen LogP contribution in [0.2, 0.25) is 0 Å². The zero-order chi connectivity index (χ0) is 16.1. The summed E-state index contributed by atoms with van der Waals surface area (Å²) in [6.07, 6.45) is 6.29. The molecule has 0 saturated carbocycles. The van der Waals surface area contributed by atoms with Crippen molar-refractivity contribution < 1.29 is 4.79 Å². The number of aromatic nitrogens is 1. The summed E-state index contributed by atoms with van der Waals surface area (Å²) in [7, 11) is 1.63. The van der Waals surface area contributed by atoms with Crippen LogP contribution in [0.3, 0.4) is 0 Å². The van der Waals surface area contributed by atoms with Gasteiger partial charge in [-0.2, -0.15) is 0 Å². The van der Waals surface area contributed by atoms with Crippen molar-refractivity contribution in [2.45, 2.75) is 31.7 Å². The van der Waals surface area contributed by atoms with Gasteiger partial charge in [0.25, 0.3) is 5.91 Å². The number of carbonyl (C=O) groups excluding carboxylic acids is 1. The van der Waals surface area contributed by atoms with Crippen LogP contribution in [-0.2, 0) is 6.42 Å². The fourth-order valence-corrected chi connectivity index (χ4v) is 3.31. The minimum Gasteiger partial charge on any atom is -0.369 e. The van der Waals surface area contributed by atoms with Crippen molar-refractivity contribution >= 4 is 11.6 Å². The van der Waals surface area contributed by atoms with Crippen molar-refractivity contribution in [3.8, 4) is 0 Å². The molecule has 1 aromatic carbocycles. The predicted molar refractivity (Wildman–Crippen MR) is 92.8 cm³/mol. The van der Waals surface area contributed by atoms with E-state index in [1.165, 1.54) is 24.1 Å². The van der Waals surface area contributed by atoms with Crippen LogP contribution in [0, 0.1) is 0 Å². The van der Waals surface area contributed by atoms with Crippen LogP contribution in [0.1, 0.15) is 35.3 Å². The standard InChI is InChI=1S/C19H23N3O/c1-20-19(23)18-14-15(11-12-21-18)9-10-17-8-5-13-22(17)16-6-3-2-4-7-16/h2-4,6-7,11-12,14,17H,5,8-10,13H2,1H3,(H,20,23). The highest BCUT2D eigenvalue weighted by atomic mass is 16.1. The molecule has 1 aromatic heterocycles. The summed E-state index contributed by atoms with van der Waals surface area (Å²) in [6, 6.07) is 15.1. The summed E-state index contributed by atoms with van der Waals surface area (Å²) in [4.78, 5) is 18.3. The molecule has 0 bridgehead atoms. The Hall–Kier alpha value is -2.36. The van der Waals surface area contributed by atoms with E-state index in [4.69, 9.17) is 0 Å². The summed E-state index contributed by atoms with van der Waals surface area (Å²) < 4.78 is 0. The van der Waals surface area contributed by atoms with Gasteiger partial charge in [-0.25, -0.2) is 0 Å². The smallest absolute Gasteiger partial charge is 0.269 e. The molecule has 0 aliphatic carbocycles. The number of aryl methyl sites for hydroxylation is 1. The number of pyridine rings is 1. The highest BCUT2D eigenvalue weighted by molar-refractivity contribution is 5.92. The normalized spacial score (nSPS) is 17.3. The van der Waals surface area contributed by atoms with Gasteiger partial charge in [0.2, 0.25) is 0 Å². The molecule has 2 heterocycles. The van der Waals surface area contributed by atoms with Gasteiger partial charge in [0, 0.05) is 31.5 Å². The highest BCUT2D eigenvalue weighted by Crippen LogP contribution is 2.27. The van der Waals surface area contributed by atoms with Crippen LogP contribution in [0.15, 0.2) is 48.7 Å². The maximum atomic E-state index is 11.7. The summed E-state index contributed by atoms with van der Waals surface area (Å²) in [5.41, 5.74) is 2.99. The third-order valence-corrected chi connectivity index (χ3v) is 4.52. The summed E-state index contributed by atoms with van der Waals surface area (Å²) in [5, 5.41) is 2.62. The fraction of sp³-hybridized carbons (Fsp3) is 0.368. The SMILES string of the molecule is CNC(=O)c1cc(CCC2CCCN2c2ccccc2)ccn1. The van der Waals surface area contributed by atoms with E-state index in [2.05, 4.69) is 45.5 Å². The molecule has 1 aliphatic rings. The minimum absolute atomic E-state index is 0.126.